The normalized spacial score (nSPS) is 27.1. The first-order chi connectivity index (χ1) is 16.5. The van der Waals surface area contributed by atoms with Gasteiger partial charge in [-0.15, -0.1) is 0 Å². The van der Waals surface area contributed by atoms with E-state index in [-0.39, 0.29) is 35.1 Å². The summed E-state index contributed by atoms with van der Waals surface area (Å²) >= 11 is 0. The van der Waals surface area contributed by atoms with Crippen molar-refractivity contribution in [3.05, 3.63) is 0 Å². The molecule has 1 unspecified atom stereocenters. The van der Waals surface area contributed by atoms with E-state index in [1.165, 1.54) is 0 Å². The third-order valence-electron chi connectivity index (χ3n) is 8.23. The van der Waals surface area contributed by atoms with Gasteiger partial charge in [0.25, 0.3) is 5.91 Å². The number of rotatable bonds is 9. The average molecular weight is 506 g/mol. The lowest BCUT2D eigenvalue weighted by atomic mass is 9.55. The molecular formula is C26H43N5O5. The molecule has 0 spiro atoms. The Bertz CT molecular complexity index is 935. The minimum atomic E-state index is -1.09. The fourth-order valence-corrected chi connectivity index (χ4v) is 5.71. The highest BCUT2D eigenvalue weighted by atomic mass is 16.2. The van der Waals surface area contributed by atoms with Crippen LogP contribution in [0.1, 0.15) is 80.6 Å². The summed E-state index contributed by atoms with van der Waals surface area (Å²) in [5.74, 6) is -2.66. The topological polar surface area (TPSA) is 151 Å². The molecule has 10 nitrogen and oxygen atoms in total. The van der Waals surface area contributed by atoms with Gasteiger partial charge in [-0.25, -0.2) is 4.79 Å². The van der Waals surface area contributed by atoms with Crippen LogP contribution < -0.4 is 21.7 Å². The average Bonchev–Trinajstić information content (AvgIpc) is 3.36. The molecule has 0 aromatic heterocycles. The van der Waals surface area contributed by atoms with Crippen LogP contribution in [0.2, 0.25) is 0 Å². The zero-order chi connectivity index (χ0) is 27.2. The van der Waals surface area contributed by atoms with Crippen molar-refractivity contribution in [2.75, 3.05) is 6.54 Å². The largest absolute Gasteiger partial charge is 0.363 e. The Labute approximate surface area is 213 Å². The number of urea groups is 1. The van der Waals surface area contributed by atoms with Gasteiger partial charge >= 0.3 is 6.03 Å². The number of amides is 5. The van der Waals surface area contributed by atoms with Crippen molar-refractivity contribution in [2.24, 2.45) is 28.4 Å². The quantitative estimate of drug-likeness (QED) is 0.350. The molecule has 5 N–H and O–H groups in total. The molecule has 0 radical (unpaired) electrons. The van der Waals surface area contributed by atoms with E-state index in [1.807, 2.05) is 34.6 Å². The number of hydrogen-bond acceptors (Lipinski definition) is 5. The van der Waals surface area contributed by atoms with Crippen LogP contribution >= 0.6 is 0 Å². The number of primary amides is 1. The number of ketones is 1. The van der Waals surface area contributed by atoms with Gasteiger partial charge in [-0.2, -0.15) is 0 Å². The SMILES string of the molecule is CCCC(NC(=O)[C@@H]1[C@H]2CC(C)(C)[C@H]2CN1C(=O)[C@@H](NC(=O)NC1(C)CC1)C(C)(C)C)C(=O)C(N)=O. The Morgan fingerprint density at radius 1 is 1.06 bits per heavy atom. The second-order valence-electron chi connectivity index (χ2n) is 12.9. The monoisotopic (exact) mass is 505 g/mol. The fraction of sp³-hybridized carbons (Fsp3) is 0.808. The van der Waals surface area contributed by atoms with Crippen LogP contribution in [0.4, 0.5) is 4.79 Å². The molecule has 1 saturated heterocycles. The van der Waals surface area contributed by atoms with Crippen LogP contribution in [0.25, 0.3) is 0 Å². The van der Waals surface area contributed by atoms with Gasteiger partial charge in [0, 0.05) is 12.1 Å². The van der Waals surface area contributed by atoms with Gasteiger partial charge in [0.05, 0.1) is 6.04 Å². The fourth-order valence-electron chi connectivity index (χ4n) is 5.71. The number of nitrogens with one attached hydrogen (secondary N) is 3. The molecule has 1 heterocycles. The molecule has 10 heteroatoms. The molecule has 1 aliphatic heterocycles. The predicted molar refractivity (Wildman–Crippen MR) is 134 cm³/mol. The molecule has 5 atom stereocenters. The zero-order valence-corrected chi connectivity index (χ0v) is 22.7. The Morgan fingerprint density at radius 3 is 2.14 bits per heavy atom. The van der Waals surface area contributed by atoms with Gasteiger partial charge < -0.3 is 26.6 Å². The lowest BCUT2D eigenvalue weighted by Gasteiger charge is -2.48. The van der Waals surface area contributed by atoms with Gasteiger partial charge in [0.2, 0.25) is 17.6 Å². The molecule has 3 rings (SSSR count). The standard InChI is InChI=1S/C26H43N5O5/c1-8-9-16(18(32)20(27)33)28-21(34)17-14-12-25(5,6)15(14)13-31(17)22(35)19(24(2,3)4)29-23(36)30-26(7)10-11-26/h14-17,19H,8-13H2,1-7H3,(H2,27,33)(H,28,34)(H2,29,30,36)/t14-,15-,16?,17-,19+/m0/s1. The molecule has 36 heavy (non-hydrogen) atoms. The third-order valence-corrected chi connectivity index (χ3v) is 8.23. The van der Waals surface area contributed by atoms with E-state index in [2.05, 4.69) is 29.8 Å². The molecule has 5 amide bonds. The molecule has 3 aliphatic rings. The van der Waals surface area contributed by atoms with Crippen molar-refractivity contribution in [3.8, 4) is 0 Å². The number of carbonyl (C=O) groups excluding carboxylic acids is 5. The lowest BCUT2D eigenvalue weighted by Crippen LogP contribution is -2.61. The first-order valence-electron chi connectivity index (χ1n) is 13.0. The minimum Gasteiger partial charge on any atom is -0.363 e. The van der Waals surface area contributed by atoms with Crippen LogP contribution in [0.3, 0.4) is 0 Å². The Kier molecular flexibility index (Phi) is 7.50. The second kappa shape index (κ2) is 9.67. The minimum absolute atomic E-state index is 0.0350. The molecular weight excluding hydrogens is 462 g/mol. The molecule has 2 aliphatic carbocycles. The Hall–Kier alpha value is -2.65. The highest BCUT2D eigenvalue weighted by Crippen LogP contribution is 2.57. The second-order valence-corrected chi connectivity index (χ2v) is 12.9. The smallest absolute Gasteiger partial charge is 0.315 e. The van der Waals surface area contributed by atoms with Crippen molar-refractivity contribution >= 4 is 29.5 Å². The number of fused-ring (bicyclic) bond motifs is 1. The zero-order valence-electron chi connectivity index (χ0n) is 22.7. The molecule has 2 saturated carbocycles. The van der Waals surface area contributed by atoms with Crippen molar-refractivity contribution in [2.45, 2.75) is 104 Å². The van der Waals surface area contributed by atoms with E-state index < -0.39 is 47.2 Å². The molecule has 0 aromatic rings. The van der Waals surface area contributed by atoms with Crippen molar-refractivity contribution in [1.29, 1.82) is 0 Å². The summed E-state index contributed by atoms with van der Waals surface area (Å²) in [5.41, 5.74) is 4.32. The first-order valence-corrected chi connectivity index (χ1v) is 13.0. The number of nitrogens with two attached hydrogens (primary N) is 1. The maximum Gasteiger partial charge on any atom is 0.315 e. The number of nitrogens with zero attached hydrogens (tertiary/aromatic N) is 1. The summed E-state index contributed by atoms with van der Waals surface area (Å²) in [6.45, 7) is 14.1. The summed E-state index contributed by atoms with van der Waals surface area (Å²) in [6, 6.07) is -3.06. The predicted octanol–water partition coefficient (Wildman–Crippen LogP) is 1.47. The van der Waals surface area contributed by atoms with Gasteiger partial charge in [0.1, 0.15) is 12.1 Å². The van der Waals surface area contributed by atoms with Gasteiger partial charge in [-0.3, -0.25) is 19.2 Å². The van der Waals surface area contributed by atoms with E-state index in [4.69, 9.17) is 5.73 Å². The van der Waals surface area contributed by atoms with Crippen molar-refractivity contribution in [1.82, 2.24) is 20.9 Å². The van der Waals surface area contributed by atoms with Crippen LogP contribution in [-0.2, 0) is 19.2 Å². The number of hydrogen-bond donors (Lipinski definition) is 4. The summed E-state index contributed by atoms with van der Waals surface area (Å²) in [7, 11) is 0. The van der Waals surface area contributed by atoms with Gasteiger partial charge in [-0.1, -0.05) is 48.0 Å². The summed E-state index contributed by atoms with van der Waals surface area (Å²) in [6.07, 6.45) is 3.39. The van der Waals surface area contributed by atoms with Crippen molar-refractivity contribution in [3.63, 3.8) is 0 Å². The number of likely N-dealkylation sites (tertiary alicyclic amines) is 1. The number of carbonyl (C=O) groups is 5. The maximum absolute atomic E-state index is 14.0. The van der Waals surface area contributed by atoms with E-state index in [1.54, 1.807) is 4.90 Å². The number of Topliss-reactive ketones (excluding diaryl/α,β-unsaturated/α-hetero) is 1. The van der Waals surface area contributed by atoms with E-state index in [0.29, 0.717) is 13.0 Å². The molecule has 0 bridgehead atoms. The van der Waals surface area contributed by atoms with Crippen LogP contribution in [-0.4, -0.2) is 64.6 Å². The molecule has 202 valence electrons. The first kappa shape index (κ1) is 27.9. The molecule has 0 aromatic carbocycles. The van der Waals surface area contributed by atoms with Crippen LogP contribution in [0, 0.1) is 22.7 Å². The highest BCUT2D eigenvalue weighted by Gasteiger charge is 2.61. The highest BCUT2D eigenvalue weighted by molar-refractivity contribution is 6.37. The maximum atomic E-state index is 14.0. The van der Waals surface area contributed by atoms with Crippen LogP contribution in [0.5, 0.6) is 0 Å². The van der Waals surface area contributed by atoms with Gasteiger partial charge in [-0.05, 0) is 55.3 Å². The van der Waals surface area contributed by atoms with E-state index >= 15 is 0 Å². The van der Waals surface area contributed by atoms with E-state index in [9.17, 15) is 24.0 Å². The third kappa shape index (κ3) is 5.67. The van der Waals surface area contributed by atoms with Crippen LogP contribution in [0.15, 0.2) is 0 Å². The molecule has 3 fully saturated rings. The Morgan fingerprint density at radius 2 is 1.67 bits per heavy atom. The Balaban J connectivity index is 1.85. The van der Waals surface area contributed by atoms with Crippen molar-refractivity contribution < 1.29 is 24.0 Å². The summed E-state index contributed by atoms with van der Waals surface area (Å²) in [4.78, 5) is 65.7. The summed E-state index contributed by atoms with van der Waals surface area (Å²) < 4.78 is 0. The van der Waals surface area contributed by atoms with E-state index in [0.717, 1.165) is 19.3 Å². The van der Waals surface area contributed by atoms with Gasteiger partial charge in [0.15, 0.2) is 0 Å². The lowest BCUT2D eigenvalue weighted by molar-refractivity contribution is -0.144. The summed E-state index contributed by atoms with van der Waals surface area (Å²) in [5, 5.41) is 8.52.